The predicted octanol–water partition coefficient (Wildman–Crippen LogP) is 3.46. The fraction of sp³-hybridized carbons (Fsp3) is 0.333. The van der Waals surface area contributed by atoms with Crippen molar-refractivity contribution in [3.8, 4) is 6.07 Å². The molecule has 3 aromatic rings. The van der Waals surface area contributed by atoms with Crippen LogP contribution in [0, 0.1) is 11.3 Å². The van der Waals surface area contributed by atoms with Crippen molar-refractivity contribution >= 4 is 44.7 Å². The number of nitrogens with one attached hydrogen (secondary N) is 2. The number of hydrogen-bond donors (Lipinski definition) is 2. The van der Waals surface area contributed by atoms with Crippen molar-refractivity contribution in [1.82, 2.24) is 14.9 Å². The van der Waals surface area contributed by atoms with Crippen molar-refractivity contribution in [3.05, 3.63) is 55.4 Å². The number of likely N-dealkylation sites (N-methyl/N-ethyl adjacent to an activating group) is 1. The summed E-state index contributed by atoms with van der Waals surface area (Å²) < 4.78 is 0. The number of carbonyl (C=O) groups excluding carboxylic acids is 1. The molecule has 2 N–H and O–H groups in total. The number of aromatic nitrogens is 2. The van der Waals surface area contributed by atoms with Gasteiger partial charge in [0.1, 0.15) is 16.9 Å². The molecule has 4 rings (SSSR count). The summed E-state index contributed by atoms with van der Waals surface area (Å²) >= 11 is 7.52. The average Bonchev–Trinajstić information content (AvgIpc) is 3.27. The number of benzene rings is 1. The van der Waals surface area contributed by atoms with E-state index in [9.17, 15) is 14.9 Å². The van der Waals surface area contributed by atoms with Crippen LogP contribution in [-0.4, -0.2) is 33.9 Å². The molecule has 0 unspecified atom stereocenters. The van der Waals surface area contributed by atoms with E-state index in [1.54, 1.807) is 18.2 Å². The molecule has 0 radical (unpaired) electrons. The van der Waals surface area contributed by atoms with E-state index in [0.717, 1.165) is 24.8 Å². The van der Waals surface area contributed by atoms with Crippen LogP contribution in [0.2, 0.25) is 5.02 Å². The highest BCUT2D eigenvalue weighted by atomic mass is 35.5. The molecule has 1 aliphatic carbocycles. The summed E-state index contributed by atoms with van der Waals surface area (Å²) in [5.74, 6) is 0.275. The molecule has 0 aliphatic heterocycles. The fourth-order valence-electron chi connectivity index (χ4n) is 3.71. The van der Waals surface area contributed by atoms with E-state index in [0.29, 0.717) is 45.4 Å². The Morgan fingerprint density at radius 2 is 2.27 bits per heavy atom. The first-order valence-corrected chi connectivity index (χ1v) is 10.9. The summed E-state index contributed by atoms with van der Waals surface area (Å²) in [4.78, 5) is 35.3. The Morgan fingerprint density at radius 3 is 3.03 bits per heavy atom. The van der Waals surface area contributed by atoms with Crippen LogP contribution in [0.25, 0.3) is 10.9 Å². The molecule has 154 valence electrons. The molecule has 1 amide bonds. The van der Waals surface area contributed by atoms with Crippen LogP contribution in [0.4, 0.5) is 5.00 Å². The average molecular weight is 442 g/mol. The van der Waals surface area contributed by atoms with Crippen molar-refractivity contribution in [2.45, 2.75) is 32.7 Å². The van der Waals surface area contributed by atoms with Gasteiger partial charge in [-0.25, -0.2) is 4.98 Å². The van der Waals surface area contributed by atoms with Crippen molar-refractivity contribution in [2.75, 3.05) is 18.4 Å². The van der Waals surface area contributed by atoms with E-state index in [1.165, 1.54) is 16.2 Å². The van der Waals surface area contributed by atoms with Gasteiger partial charge in [-0.3, -0.25) is 14.5 Å². The van der Waals surface area contributed by atoms with Crippen molar-refractivity contribution < 1.29 is 4.79 Å². The smallest absolute Gasteiger partial charge is 0.258 e. The first-order valence-electron chi connectivity index (χ1n) is 9.73. The molecule has 2 heterocycles. The van der Waals surface area contributed by atoms with Crippen molar-refractivity contribution in [1.29, 1.82) is 5.26 Å². The first kappa shape index (κ1) is 20.5. The molecule has 9 heteroatoms. The Balaban J connectivity index is 1.48. The maximum atomic E-state index is 12.6. The first-order chi connectivity index (χ1) is 14.5. The van der Waals surface area contributed by atoms with Gasteiger partial charge >= 0.3 is 0 Å². The van der Waals surface area contributed by atoms with Crippen LogP contribution in [0.1, 0.15) is 35.2 Å². The number of anilines is 1. The fourth-order valence-corrected chi connectivity index (χ4v) is 5.13. The topological polar surface area (TPSA) is 102 Å². The number of amides is 1. The van der Waals surface area contributed by atoms with Crippen LogP contribution in [0.5, 0.6) is 0 Å². The van der Waals surface area contributed by atoms with Gasteiger partial charge < -0.3 is 10.3 Å². The van der Waals surface area contributed by atoms with Gasteiger partial charge in [0, 0.05) is 9.90 Å². The van der Waals surface area contributed by atoms with Gasteiger partial charge in [-0.05, 0) is 49.6 Å². The van der Waals surface area contributed by atoms with E-state index in [4.69, 9.17) is 11.6 Å². The highest BCUT2D eigenvalue weighted by molar-refractivity contribution is 7.16. The second-order valence-electron chi connectivity index (χ2n) is 7.20. The summed E-state index contributed by atoms with van der Waals surface area (Å²) in [5, 5.41) is 14.0. The number of aromatic amines is 1. The zero-order valence-corrected chi connectivity index (χ0v) is 18.0. The quantitative estimate of drug-likeness (QED) is 0.609. The summed E-state index contributed by atoms with van der Waals surface area (Å²) in [6, 6.07) is 7.18. The van der Waals surface area contributed by atoms with E-state index in [2.05, 4.69) is 21.4 Å². The Labute approximate surface area is 182 Å². The number of halogens is 1. The number of H-pyrrole nitrogens is 1. The number of aryl methyl sites for hydroxylation is 1. The van der Waals surface area contributed by atoms with Gasteiger partial charge in [0.15, 0.2) is 0 Å². The minimum atomic E-state index is -0.237. The van der Waals surface area contributed by atoms with E-state index < -0.39 is 0 Å². The lowest BCUT2D eigenvalue weighted by molar-refractivity contribution is -0.117. The number of thiophene rings is 1. The van der Waals surface area contributed by atoms with Gasteiger partial charge in [-0.1, -0.05) is 18.5 Å². The molecule has 0 atom stereocenters. The normalized spacial score (nSPS) is 12.9. The molecule has 0 spiro atoms. The molecule has 0 bridgehead atoms. The second-order valence-corrected chi connectivity index (χ2v) is 8.74. The van der Waals surface area contributed by atoms with E-state index >= 15 is 0 Å². The molecule has 7 nitrogen and oxygen atoms in total. The molecule has 1 aromatic carbocycles. The van der Waals surface area contributed by atoms with Crippen LogP contribution in [0.15, 0.2) is 23.0 Å². The Kier molecular flexibility index (Phi) is 5.86. The lowest BCUT2D eigenvalue weighted by Gasteiger charge is -2.19. The zero-order chi connectivity index (χ0) is 21.3. The van der Waals surface area contributed by atoms with Crippen LogP contribution < -0.4 is 10.9 Å². The zero-order valence-electron chi connectivity index (χ0n) is 16.4. The molecule has 0 saturated carbocycles. The molecule has 0 fully saturated rings. The van der Waals surface area contributed by atoms with E-state index in [1.807, 2.05) is 11.8 Å². The van der Waals surface area contributed by atoms with Gasteiger partial charge in [-0.15, -0.1) is 11.3 Å². The lowest BCUT2D eigenvalue weighted by Crippen LogP contribution is -2.33. The maximum Gasteiger partial charge on any atom is 0.258 e. The lowest BCUT2D eigenvalue weighted by atomic mass is 10.1. The number of carbonyl (C=O) groups is 1. The van der Waals surface area contributed by atoms with Gasteiger partial charge in [0.05, 0.1) is 29.6 Å². The Bertz CT molecular complexity index is 1230. The molecule has 0 saturated heterocycles. The van der Waals surface area contributed by atoms with Crippen LogP contribution >= 0.6 is 22.9 Å². The monoisotopic (exact) mass is 441 g/mol. The van der Waals surface area contributed by atoms with Gasteiger partial charge in [0.2, 0.25) is 5.91 Å². The Hall–Kier alpha value is -2.73. The number of fused-ring (bicyclic) bond motifs is 2. The molecule has 30 heavy (non-hydrogen) atoms. The predicted molar refractivity (Wildman–Crippen MR) is 118 cm³/mol. The standard InChI is InChI=1S/C21H20ClN5O2S/c1-2-27(10-18-24-16-8-12(22)6-7-14(16)20(29)25-18)11-19(28)26-21-15(9-23)13-4-3-5-17(13)30-21/h6-8H,2-5,10-11H2,1H3,(H,26,28)(H,24,25,29). The van der Waals surface area contributed by atoms with Gasteiger partial charge in [0.25, 0.3) is 5.56 Å². The summed E-state index contributed by atoms with van der Waals surface area (Å²) in [7, 11) is 0. The van der Waals surface area contributed by atoms with Crippen molar-refractivity contribution in [2.24, 2.45) is 0 Å². The highest BCUT2D eigenvalue weighted by Crippen LogP contribution is 2.38. The highest BCUT2D eigenvalue weighted by Gasteiger charge is 2.23. The number of nitriles is 1. The minimum Gasteiger partial charge on any atom is -0.315 e. The third kappa shape index (κ3) is 4.10. The summed E-state index contributed by atoms with van der Waals surface area (Å²) in [5.41, 5.74) is 1.97. The molecule has 1 aliphatic rings. The Morgan fingerprint density at radius 1 is 1.43 bits per heavy atom. The molecule has 2 aromatic heterocycles. The SMILES string of the molecule is CCN(CC(=O)Nc1sc2c(c1C#N)CCC2)Cc1nc2cc(Cl)ccc2c(=O)[nH]1. The van der Waals surface area contributed by atoms with E-state index in [-0.39, 0.29) is 18.0 Å². The van der Waals surface area contributed by atoms with Crippen LogP contribution in [-0.2, 0) is 24.2 Å². The molecular formula is C21H20ClN5O2S. The maximum absolute atomic E-state index is 12.6. The van der Waals surface area contributed by atoms with Gasteiger partial charge in [-0.2, -0.15) is 5.26 Å². The summed E-state index contributed by atoms with van der Waals surface area (Å²) in [6.07, 6.45) is 2.93. The van der Waals surface area contributed by atoms with Crippen molar-refractivity contribution in [3.63, 3.8) is 0 Å². The van der Waals surface area contributed by atoms with Crippen LogP contribution in [0.3, 0.4) is 0 Å². The third-order valence-electron chi connectivity index (χ3n) is 5.19. The molecular weight excluding hydrogens is 422 g/mol. The second kappa shape index (κ2) is 8.56. The number of nitrogens with zero attached hydrogens (tertiary/aromatic N) is 3. The summed E-state index contributed by atoms with van der Waals surface area (Å²) in [6.45, 7) is 2.97. The largest absolute Gasteiger partial charge is 0.315 e. The minimum absolute atomic E-state index is 0.126. The number of hydrogen-bond acceptors (Lipinski definition) is 6. The third-order valence-corrected chi connectivity index (χ3v) is 6.63. The number of rotatable bonds is 6.